The van der Waals surface area contributed by atoms with Crippen molar-refractivity contribution in [2.24, 2.45) is 0 Å². The lowest BCUT2D eigenvalue weighted by Gasteiger charge is -2.18. The number of amides is 1. The number of carbonyl (C=O) groups is 2. The second-order valence-corrected chi connectivity index (χ2v) is 6.95. The van der Waals surface area contributed by atoms with Gasteiger partial charge in [-0.25, -0.2) is 0 Å². The Morgan fingerprint density at radius 3 is 2.52 bits per heavy atom. The highest BCUT2D eigenvalue weighted by Crippen LogP contribution is 2.26. The van der Waals surface area contributed by atoms with Gasteiger partial charge >= 0.3 is 11.7 Å². The van der Waals surface area contributed by atoms with Crippen molar-refractivity contribution in [1.82, 2.24) is 9.78 Å². The molecule has 1 aromatic heterocycles. The Bertz CT molecular complexity index is 922. The fourth-order valence-electron chi connectivity index (χ4n) is 3.01. The molecule has 1 heterocycles. The van der Waals surface area contributed by atoms with Crippen LogP contribution in [-0.2, 0) is 20.9 Å². The van der Waals surface area contributed by atoms with E-state index in [0.29, 0.717) is 5.69 Å². The molecule has 9 nitrogen and oxygen atoms in total. The van der Waals surface area contributed by atoms with Crippen LogP contribution in [0.5, 0.6) is 0 Å². The second-order valence-electron chi connectivity index (χ2n) is 6.95. The largest absolute Gasteiger partial charge is 0.451 e. The topological polar surface area (TPSA) is 116 Å². The van der Waals surface area contributed by atoms with Crippen LogP contribution in [0.1, 0.15) is 50.1 Å². The van der Waals surface area contributed by atoms with E-state index in [-0.39, 0.29) is 29.5 Å². The normalized spacial score (nSPS) is 12.9. The average molecular weight is 402 g/mol. The predicted molar refractivity (Wildman–Crippen MR) is 108 cm³/mol. The maximum atomic E-state index is 12.5. The summed E-state index contributed by atoms with van der Waals surface area (Å²) in [5.74, 6) is -0.886. The van der Waals surface area contributed by atoms with Gasteiger partial charge in [-0.2, -0.15) is 5.10 Å². The van der Waals surface area contributed by atoms with Gasteiger partial charge in [0.25, 0.3) is 5.91 Å². The number of rotatable bonds is 8. The Labute approximate surface area is 169 Å². The lowest BCUT2D eigenvalue weighted by atomic mass is 9.97. The molecule has 29 heavy (non-hydrogen) atoms. The highest BCUT2D eigenvalue weighted by atomic mass is 16.6. The van der Waals surface area contributed by atoms with Crippen molar-refractivity contribution in [1.29, 1.82) is 0 Å². The molecule has 2 aromatic rings. The number of nitrogens with zero attached hydrogens (tertiary/aromatic N) is 3. The summed E-state index contributed by atoms with van der Waals surface area (Å²) in [5.41, 5.74) is 2.03. The molecular formula is C20H26N4O5. The van der Waals surface area contributed by atoms with Gasteiger partial charge in [0.1, 0.15) is 17.9 Å². The van der Waals surface area contributed by atoms with Gasteiger partial charge in [0.05, 0.1) is 4.92 Å². The van der Waals surface area contributed by atoms with E-state index in [1.165, 1.54) is 25.5 Å². The zero-order valence-corrected chi connectivity index (χ0v) is 17.3. The fourth-order valence-corrected chi connectivity index (χ4v) is 3.01. The van der Waals surface area contributed by atoms with E-state index in [2.05, 4.69) is 24.3 Å². The monoisotopic (exact) mass is 402 g/mol. The summed E-state index contributed by atoms with van der Waals surface area (Å²) in [6, 6.07) is 7.50. The van der Waals surface area contributed by atoms with E-state index < -0.39 is 22.9 Å². The molecule has 2 rings (SSSR count). The Kier molecular flexibility index (Phi) is 7.08. The number of para-hydroxylation sites is 1. The third kappa shape index (κ3) is 5.18. The molecule has 0 saturated carbocycles. The first-order valence-corrected chi connectivity index (χ1v) is 9.43. The molecule has 2 atom stereocenters. The number of hydrogen-bond acceptors (Lipinski definition) is 6. The van der Waals surface area contributed by atoms with E-state index in [4.69, 9.17) is 4.74 Å². The molecule has 0 aliphatic rings. The zero-order chi connectivity index (χ0) is 21.7. The van der Waals surface area contributed by atoms with Crippen molar-refractivity contribution in [3.05, 3.63) is 51.3 Å². The standard InChI is InChI=1S/C20H26N4O5/c1-6-12(2)16-9-7-8-10-17(16)21-20(26)15(5)29-18(25)11-23-14(4)19(24(27)28)13(3)22-23/h7-10,12,15H,6,11H2,1-5H3,(H,21,26)/t12-,15+/m0/s1. The van der Waals surface area contributed by atoms with Gasteiger partial charge in [-0.3, -0.25) is 24.4 Å². The highest BCUT2D eigenvalue weighted by Gasteiger charge is 2.25. The van der Waals surface area contributed by atoms with Gasteiger partial charge in [0, 0.05) is 5.69 Å². The van der Waals surface area contributed by atoms with Crippen LogP contribution in [0, 0.1) is 24.0 Å². The van der Waals surface area contributed by atoms with Crippen molar-refractivity contribution in [3.63, 3.8) is 0 Å². The molecule has 0 unspecified atom stereocenters. The van der Waals surface area contributed by atoms with Crippen LogP contribution in [0.3, 0.4) is 0 Å². The van der Waals surface area contributed by atoms with E-state index >= 15 is 0 Å². The van der Waals surface area contributed by atoms with Crippen molar-refractivity contribution < 1.29 is 19.2 Å². The predicted octanol–water partition coefficient (Wildman–Crippen LogP) is 3.49. The van der Waals surface area contributed by atoms with Crippen molar-refractivity contribution >= 4 is 23.3 Å². The summed E-state index contributed by atoms with van der Waals surface area (Å²) in [5, 5.41) is 17.9. The van der Waals surface area contributed by atoms with Crippen LogP contribution in [0.4, 0.5) is 11.4 Å². The van der Waals surface area contributed by atoms with Crippen LogP contribution < -0.4 is 5.32 Å². The van der Waals surface area contributed by atoms with Crippen LogP contribution in [0.25, 0.3) is 0 Å². The third-order valence-corrected chi connectivity index (χ3v) is 4.84. The summed E-state index contributed by atoms with van der Waals surface area (Å²) < 4.78 is 6.40. The summed E-state index contributed by atoms with van der Waals surface area (Å²) in [7, 11) is 0. The van der Waals surface area contributed by atoms with Crippen molar-refractivity contribution in [2.45, 2.75) is 59.6 Å². The quantitative estimate of drug-likeness (QED) is 0.410. The molecule has 0 fully saturated rings. The number of carbonyl (C=O) groups excluding carboxylic acids is 2. The number of aryl methyl sites for hydroxylation is 1. The number of ether oxygens (including phenoxy) is 1. The summed E-state index contributed by atoms with van der Waals surface area (Å²) in [6.45, 7) is 8.30. The molecule has 1 aromatic carbocycles. The fraction of sp³-hybridized carbons (Fsp3) is 0.450. The minimum atomic E-state index is -1.03. The Balaban J connectivity index is 2.03. The van der Waals surface area contributed by atoms with E-state index in [0.717, 1.165) is 12.0 Å². The SMILES string of the molecule is CC[C@H](C)c1ccccc1NC(=O)[C@@H](C)OC(=O)Cn1nc(C)c([N+](=O)[O-])c1C. The summed E-state index contributed by atoms with van der Waals surface area (Å²) >= 11 is 0. The maximum Gasteiger partial charge on any atom is 0.328 e. The third-order valence-electron chi connectivity index (χ3n) is 4.84. The summed E-state index contributed by atoms with van der Waals surface area (Å²) in [4.78, 5) is 35.2. The lowest BCUT2D eigenvalue weighted by molar-refractivity contribution is -0.386. The van der Waals surface area contributed by atoms with Crippen molar-refractivity contribution in [3.8, 4) is 0 Å². The molecule has 9 heteroatoms. The number of aromatic nitrogens is 2. The molecule has 1 N–H and O–H groups in total. The minimum absolute atomic E-state index is 0.134. The number of anilines is 1. The Morgan fingerprint density at radius 1 is 1.28 bits per heavy atom. The van der Waals surface area contributed by atoms with Gasteiger partial charge in [-0.15, -0.1) is 0 Å². The molecule has 0 spiro atoms. The lowest BCUT2D eigenvalue weighted by Crippen LogP contribution is -2.31. The average Bonchev–Trinajstić information content (AvgIpc) is 2.94. The Morgan fingerprint density at radius 2 is 1.93 bits per heavy atom. The first-order valence-electron chi connectivity index (χ1n) is 9.43. The van der Waals surface area contributed by atoms with Gasteiger partial charge in [-0.1, -0.05) is 32.0 Å². The molecule has 0 radical (unpaired) electrons. The molecule has 156 valence electrons. The minimum Gasteiger partial charge on any atom is -0.451 e. The molecule has 0 aliphatic carbocycles. The molecular weight excluding hydrogens is 376 g/mol. The van der Waals surface area contributed by atoms with Crippen LogP contribution in [0.15, 0.2) is 24.3 Å². The number of nitro groups is 1. The number of hydrogen-bond donors (Lipinski definition) is 1. The molecule has 1 amide bonds. The molecule has 0 aliphatic heterocycles. The van der Waals surface area contributed by atoms with Gasteiger partial charge < -0.3 is 10.1 Å². The second kappa shape index (κ2) is 9.31. The van der Waals surface area contributed by atoms with Crippen LogP contribution >= 0.6 is 0 Å². The number of benzene rings is 1. The van der Waals surface area contributed by atoms with Gasteiger partial charge in [0.15, 0.2) is 6.10 Å². The van der Waals surface area contributed by atoms with Crippen LogP contribution in [-0.4, -0.2) is 32.7 Å². The first-order chi connectivity index (χ1) is 13.6. The van der Waals surface area contributed by atoms with E-state index in [1.807, 2.05) is 24.3 Å². The van der Waals surface area contributed by atoms with E-state index in [9.17, 15) is 19.7 Å². The summed E-state index contributed by atoms with van der Waals surface area (Å²) in [6.07, 6.45) is -0.105. The van der Waals surface area contributed by atoms with Gasteiger partial charge in [-0.05, 0) is 44.7 Å². The Hall–Kier alpha value is -3.23. The molecule has 0 saturated heterocycles. The zero-order valence-electron chi connectivity index (χ0n) is 17.3. The van der Waals surface area contributed by atoms with Gasteiger partial charge in [0.2, 0.25) is 0 Å². The maximum absolute atomic E-state index is 12.5. The highest BCUT2D eigenvalue weighted by molar-refractivity contribution is 5.95. The first kappa shape index (κ1) is 22.1. The molecule has 0 bridgehead atoms. The number of esters is 1. The smallest absolute Gasteiger partial charge is 0.328 e. The van der Waals surface area contributed by atoms with E-state index in [1.54, 1.807) is 0 Å². The van der Waals surface area contributed by atoms with Crippen LogP contribution in [0.2, 0.25) is 0 Å². The number of nitrogens with one attached hydrogen (secondary N) is 1. The van der Waals surface area contributed by atoms with Crippen molar-refractivity contribution in [2.75, 3.05) is 5.32 Å².